The molecule has 2 aromatic carbocycles. The van der Waals surface area contributed by atoms with Crippen molar-refractivity contribution in [2.75, 3.05) is 14.2 Å². The van der Waals surface area contributed by atoms with Crippen molar-refractivity contribution in [1.82, 2.24) is 10.1 Å². The Balaban J connectivity index is 1.45. The number of fused-ring (bicyclic) bond motifs is 1. The van der Waals surface area contributed by atoms with E-state index in [9.17, 15) is 18.0 Å². The molecule has 0 aliphatic carbocycles. The number of aromatic nitrogens is 2. The molecule has 9 heteroatoms. The van der Waals surface area contributed by atoms with E-state index in [1.54, 1.807) is 20.4 Å². The highest BCUT2D eigenvalue weighted by atomic mass is 19.4. The van der Waals surface area contributed by atoms with E-state index in [4.69, 9.17) is 14.0 Å². The molecule has 0 atom stereocenters. The van der Waals surface area contributed by atoms with Crippen molar-refractivity contribution in [2.45, 2.75) is 38.3 Å². The monoisotopic (exact) mass is 498 g/mol. The molecule has 188 valence electrons. The number of nitrogens with zero attached hydrogens (tertiary/aromatic N) is 2. The molecule has 36 heavy (non-hydrogen) atoms. The van der Waals surface area contributed by atoms with Crippen molar-refractivity contribution in [3.8, 4) is 22.6 Å². The SMILES string of the molecule is COc1cc2cc(-c3ccc(CC(=O)Cc4cc(C(C)(C)C(F)(F)F)no4)cc3)cnc2cc1OC. The van der Waals surface area contributed by atoms with E-state index in [-0.39, 0.29) is 30.1 Å². The second-order valence-corrected chi connectivity index (χ2v) is 9.01. The van der Waals surface area contributed by atoms with Gasteiger partial charge in [-0.05, 0) is 37.1 Å². The molecule has 4 aromatic rings. The standard InChI is InChI=1S/C27H25F3N2O4/c1-26(2,27(28,29)30)25-13-21(36-32-25)12-20(33)9-16-5-7-17(8-6-16)19-10-18-11-23(34-3)24(35-4)14-22(18)31-15-19/h5-8,10-11,13-15H,9,12H2,1-4H3. The number of ether oxygens (including phenoxy) is 2. The lowest BCUT2D eigenvalue weighted by Gasteiger charge is -2.24. The first-order chi connectivity index (χ1) is 17.0. The Morgan fingerprint density at radius 2 is 1.58 bits per heavy atom. The highest BCUT2D eigenvalue weighted by Crippen LogP contribution is 2.40. The number of Topliss-reactive ketones (excluding diaryl/α,β-unsaturated/α-hetero) is 1. The molecule has 2 aromatic heterocycles. The van der Waals surface area contributed by atoms with Crippen LogP contribution in [0, 0.1) is 0 Å². The van der Waals surface area contributed by atoms with E-state index in [0.717, 1.165) is 41.4 Å². The molecular formula is C27H25F3N2O4. The number of carbonyl (C=O) groups is 1. The van der Waals surface area contributed by atoms with Gasteiger partial charge >= 0.3 is 6.18 Å². The molecule has 0 fully saturated rings. The van der Waals surface area contributed by atoms with Crippen molar-refractivity contribution in [1.29, 1.82) is 0 Å². The van der Waals surface area contributed by atoms with Gasteiger partial charge in [-0.2, -0.15) is 13.2 Å². The van der Waals surface area contributed by atoms with Gasteiger partial charge in [-0.15, -0.1) is 0 Å². The van der Waals surface area contributed by atoms with Crippen molar-refractivity contribution in [3.63, 3.8) is 0 Å². The molecule has 0 spiro atoms. The Morgan fingerprint density at radius 3 is 2.22 bits per heavy atom. The van der Waals surface area contributed by atoms with Gasteiger partial charge in [-0.1, -0.05) is 29.4 Å². The van der Waals surface area contributed by atoms with Crippen LogP contribution < -0.4 is 9.47 Å². The zero-order chi connectivity index (χ0) is 26.1. The third kappa shape index (κ3) is 5.05. The smallest absolute Gasteiger partial charge is 0.399 e. The van der Waals surface area contributed by atoms with Gasteiger partial charge in [-0.3, -0.25) is 9.78 Å². The van der Waals surface area contributed by atoms with Gasteiger partial charge in [0, 0.05) is 35.7 Å². The van der Waals surface area contributed by atoms with Gasteiger partial charge in [0.25, 0.3) is 0 Å². The summed E-state index contributed by atoms with van der Waals surface area (Å²) < 4.78 is 55.3. The van der Waals surface area contributed by atoms with E-state index < -0.39 is 11.6 Å². The highest BCUT2D eigenvalue weighted by Gasteiger charge is 2.50. The number of ketones is 1. The van der Waals surface area contributed by atoms with E-state index in [1.165, 1.54) is 6.07 Å². The number of alkyl halides is 3. The number of pyridine rings is 1. The molecule has 0 bridgehead atoms. The van der Waals surface area contributed by atoms with Gasteiger partial charge in [0.2, 0.25) is 0 Å². The molecule has 0 saturated heterocycles. The van der Waals surface area contributed by atoms with E-state index >= 15 is 0 Å². The predicted molar refractivity (Wildman–Crippen MR) is 128 cm³/mol. The number of benzene rings is 2. The fraction of sp³-hybridized carbons (Fsp3) is 0.296. The van der Waals surface area contributed by atoms with Crippen molar-refractivity contribution in [3.05, 3.63) is 71.7 Å². The van der Waals surface area contributed by atoms with Crippen molar-refractivity contribution >= 4 is 16.7 Å². The molecule has 0 radical (unpaired) electrons. The average Bonchev–Trinajstić information content (AvgIpc) is 3.31. The normalized spacial score (nSPS) is 12.1. The molecule has 6 nitrogen and oxygen atoms in total. The lowest BCUT2D eigenvalue weighted by molar-refractivity contribution is -0.181. The zero-order valence-electron chi connectivity index (χ0n) is 20.3. The molecule has 0 saturated carbocycles. The molecule has 4 rings (SSSR count). The van der Waals surface area contributed by atoms with Gasteiger partial charge in [0.1, 0.15) is 17.0 Å². The first-order valence-corrected chi connectivity index (χ1v) is 11.2. The quantitative estimate of drug-likeness (QED) is 0.292. The largest absolute Gasteiger partial charge is 0.493 e. The predicted octanol–water partition coefficient (Wildman–Crippen LogP) is 6.10. The minimum Gasteiger partial charge on any atom is -0.493 e. The number of rotatable bonds is 8. The maximum absolute atomic E-state index is 13.2. The van der Waals surface area contributed by atoms with Gasteiger partial charge in [0.05, 0.1) is 31.9 Å². The molecule has 0 aliphatic heterocycles. The van der Waals surface area contributed by atoms with Gasteiger partial charge in [0.15, 0.2) is 11.5 Å². The summed E-state index contributed by atoms with van der Waals surface area (Å²) in [5.41, 5.74) is 0.954. The van der Waals surface area contributed by atoms with Crippen LogP contribution in [0.5, 0.6) is 11.5 Å². The van der Waals surface area contributed by atoms with Gasteiger partial charge in [-0.25, -0.2) is 0 Å². The maximum atomic E-state index is 13.2. The second kappa shape index (κ2) is 9.64. The minimum atomic E-state index is -4.48. The summed E-state index contributed by atoms with van der Waals surface area (Å²) >= 11 is 0. The van der Waals surface area contributed by atoms with Crippen molar-refractivity contribution in [2.24, 2.45) is 0 Å². The zero-order valence-corrected chi connectivity index (χ0v) is 20.3. The lowest BCUT2D eigenvalue weighted by atomic mass is 9.88. The van der Waals surface area contributed by atoms with Crippen LogP contribution in [0.4, 0.5) is 13.2 Å². The Hall–Kier alpha value is -3.88. The molecule has 0 amide bonds. The van der Waals surface area contributed by atoms with Crippen LogP contribution in [0.25, 0.3) is 22.0 Å². The summed E-state index contributed by atoms with van der Waals surface area (Å²) in [6.45, 7) is 2.05. The topological polar surface area (TPSA) is 74.5 Å². The molecule has 0 N–H and O–H groups in total. The summed E-state index contributed by atoms with van der Waals surface area (Å²) in [5.74, 6) is 1.13. The number of hydrogen-bond acceptors (Lipinski definition) is 6. The number of methoxy groups -OCH3 is 2. The second-order valence-electron chi connectivity index (χ2n) is 9.01. The Bertz CT molecular complexity index is 1390. The van der Waals surface area contributed by atoms with Crippen LogP contribution >= 0.6 is 0 Å². The van der Waals surface area contributed by atoms with E-state index in [2.05, 4.69) is 10.1 Å². The first kappa shape index (κ1) is 25.2. The van der Waals surface area contributed by atoms with Gasteiger partial charge < -0.3 is 14.0 Å². The average molecular weight is 499 g/mol. The maximum Gasteiger partial charge on any atom is 0.399 e. The third-order valence-electron chi connectivity index (χ3n) is 6.15. The number of hydrogen-bond donors (Lipinski definition) is 0. The summed E-state index contributed by atoms with van der Waals surface area (Å²) in [7, 11) is 3.15. The van der Waals surface area contributed by atoms with Crippen LogP contribution in [-0.4, -0.2) is 36.3 Å². The van der Waals surface area contributed by atoms with Crippen LogP contribution in [0.2, 0.25) is 0 Å². The summed E-state index contributed by atoms with van der Waals surface area (Å²) in [4.78, 5) is 17.0. The molecule has 0 unspecified atom stereocenters. The fourth-order valence-electron chi connectivity index (χ4n) is 3.75. The van der Waals surface area contributed by atoms with E-state index in [0.29, 0.717) is 11.5 Å². The molecule has 0 aliphatic rings. The van der Waals surface area contributed by atoms with Crippen molar-refractivity contribution < 1.29 is 32.0 Å². The van der Waals surface area contributed by atoms with Crippen LogP contribution in [-0.2, 0) is 23.1 Å². The Labute approximate surface area is 206 Å². The van der Waals surface area contributed by atoms with Crippen LogP contribution in [0.15, 0.2) is 59.3 Å². The van der Waals surface area contributed by atoms with Crippen LogP contribution in [0.1, 0.15) is 30.9 Å². The summed E-state index contributed by atoms with van der Waals surface area (Å²) in [6.07, 6.45) is -2.74. The minimum absolute atomic E-state index is 0.109. The Kier molecular flexibility index (Phi) is 6.75. The van der Waals surface area contributed by atoms with E-state index in [1.807, 2.05) is 42.5 Å². The number of halogens is 3. The fourth-order valence-corrected chi connectivity index (χ4v) is 3.75. The Morgan fingerprint density at radius 1 is 0.917 bits per heavy atom. The van der Waals surface area contributed by atoms with Crippen LogP contribution in [0.3, 0.4) is 0 Å². The molecule has 2 heterocycles. The first-order valence-electron chi connectivity index (χ1n) is 11.2. The summed E-state index contributed by atoms with van der Waals surface area (Å²) in [5, 5.41) is 4.43. The lowest BCUT2D eigenvalue weighted by Crippen LogP contribution is -2.36. The number of carbonyl (C=O) groups excluding carboxylic acids is 1. The molecular weight excluding hydrogens is 473 g/mol. The highest BCUT2D eigenvalue weighted by molar-refractivity contribution is 5.87. The summed E-state index contributed by atoms with van der Waals surface area (Å²) in [6, 6.07) is 14.3. The third-order valence-corrected chi connectivity index (χ3v) is 6.15.